The Morgan fingerprint density at radius 3 is 2.65 bits per heavy atom. The van der Waals surface area contributed by atoms with Crippen molar-refractivity contribution >= 4 is 17.5 Å². The number of rotatable bonds is 4. The summed E-state index contributed by atoms with van der Waals surface area (Å²) < 4.78 is 18.2. The standard InChI is InChI=1S/C16H13FN2O4/c1-19-7-11(15(21)16(19)22)14(20)13-12(23-8-18-13)6-9-2-4-10(17)5-3-9/h2-5,8,11H,6-7H2,1H3. The van der Waals surface area contributed by atoms with Crippen molar-refractivity contribution < 1.29 is 23.2 Å². The largest absolute Gasteiger partial charge is 0.447 e. The van der Waals surface area contributed by atoms with E-state index in [1.54, 1.807) is 12.1 Å². The molecule has 3 rings (SSSR count). The maximum Gasteiger partial charge on any atom is 0.290 e. The highest BCUT2D eigenvalue weighted by atomic mass is 19.1. The number of oxazole rings is 1. The summed E-state index contributed by atoms with van der Waals surface area (Å²) in [4.78, 5) is 41.0. The molecular weight excluding hydrogens is 303 g/mol. The number of halogens is 1. The highest BCUT2D eigenvalue weighted by Crippen LogP contribution is 2.21. The molecule has 7 heteroatoms. The number of carbonyl (C=O) groups is 3. The quantitative estimate of drug-likeness (QED) is 0.482. The summed E-state index contributed by atoms with van der Waals surface area (Å²) in [6.45, 7) is 0.0410. The zero-order valence-electron chi connectivity index (χ0n) is 12.3. The number of carbonyl (C=O) groups excluding carboxylic acids is 3. The van der Waals surface area contributed by atoms with Crippen LogP contribution in [0.4, 0.5) is 4.39 Å². The van der Waals surface area contributed by atoms with Gasteiger partial charge in [-0.25, -0.2) is 9.37 Å². The lowest BCUT2D eigenvalue weighted by molar-refractivity contribution is -0.139. The monoisotopic (exact) mass is 316 g/mol. The Morgan fingerprint density at radius 2 is 2.04 bits per heavy atom. The molecule has 0 N–H and O–H groups in total. The molecule has 1 aliphatic heterocycles. The Kier molecular flexibility index (Phi) is 3.77. The second-order valence-corrected chi connectivity index (χ2v) is 5.39. The van der Waals surface area contributed by atoms with E-state index in [9.17, 15) is 18.8 Å². The van der Waals surface area contributed by atoms with Crippen molar-refractivity contribution in [1.82, 2.24) is 9.88 Å². The van der Waals surface area contributed by atoms with Crippen molar-refractivity contribution in [3.05, 3.63) is 53.5 Å². The number of amides is 1. The molecule has 23 heavy (non-hydrogen) atoms. The Hall–Kier alpha value is -2.83. The van der Waals surface area contributed by atoms with Gasteiger partial charge in [-0.3, -0.25) is 14.4 Å². The second kappa shape index (κ2) is 5.75. The van der Waals surface area contributed by atoms with Crippen LogP contribution in [0.1, 0.15) is 21.8 Å². The van der Waals surface area contributed by atoms with Crippen molar-refractivity contribution in [2.75, 3.05) is 13.6 Å². The average Bonchev–Trinajstić information content (AvgIpc) is 3.09. The minimum absolute atomic E-state index is 0.0378. The summed E-state index contributed by atoms with van der Waals surface area (Å²) in [5, 5.41) is 0. The number of likely N-dealkylation sites (N-methyl/N-ethyl adjacent to an activating group) is 1. The molecule has 0 spiro atoms. The van der Waals surface area contributed by atoms with Crippen LogP contribution in [-0.2, 0) is 16.0 Å². The van der Waals surface area contributed by atoms with Gasteiger partial charge in [-0.15, -0.1) is 0 Å². The number of nitrogens with zero attached hydrogens (tertiary/aromatic N) is 2. The Labute approximate surface area is 130 Å². The van der Waals surface area contributed by atoms with Crippen molar-refractivity contribution in [3.63, 3.8) is 0 Å². The first kappa shape index (κ1) is 15.1. The first-order valence-electron chi connectivity index (χ1n) is 6.97. The van der Waals surface area contributed by atoms with E-state index in [-0.39, 0.29) is 30.2 Å². The fraction of sp³-hybridized carbons (Fsp3) is 0.250. The van der Waals surface area contributed by atoms with Crippen LogP contribution < -0.4 is 0 Å². The van der Waals surface area contributed by atoms with E-state index >= 15 is 0 Å². The normalized spacial score (nSPS) is 17.8. The minimum Gasteiger partial charge on any atom is -0.447 e. The van der Waals surface area contributed by atoms with Gasteiger partial charge < -0.3 is 9.32 Å². The third-order valence-corrected chi connectivity index (χ3v) is 3.80. The summed E-state index contributed by atoms with van der Waals surface area (Å²) in [5.74, 6) is -3.06. The van der Waals surface area contributed by atoms with Gasteiger partial charge in [0.1, 0.15) is 23.2 Å². The van der Waals surface area contributed by atoms with Gasteiger partial charge in [-0.1, -0.05) is 12.1 Å². The zero-order valence-corrected chi connectivity index (χ0v) is 12.3. The van der Waals surface area contributed by atoms with Gasteiger partial charge in [-0.2, -0.15) is 0 Å². The molecule has 1 aliphatic rings. The second-order valence-electron chi connectivity index (χ2n) is 5.39. The minimum atomic E-state index is -1.05. The first-order valence-corrected chi connectivity index (χ1v) is 6.97. The Balaban J connectivity index is 1.83. The Morgan fingerprint density at radius 1 is 1.35 bits per heavy atom. The number of likely N-dealkylation sites (tertiary alicyclic amines) is 1. The van der Waals surface area contributed by atoms with Crippen LogP contribution >= 0.6 is 0 Å². The highest BCUT2D eigenvalue weighted by Gasteiger charge is 2.43. The molecule has 1 aromatic carbocycles. The van der Waals surface area contributed by atoms with Crippen LogP contribution in [0.15, 0.2) is 35.1 Å². The topological polar surface area (TPSA) is 80.5 Å². The summed E-state index contributed by atoms with van der Waals surface area (Å²) in [6.07, 6.45) is 1.36. The maximum absolute atomic E-state index is 12.9. The van der Waals surface area contributed by atoms with Gasteiger partial charge >= 0.3 is 0 Å². The number of ketones is 2. The number of Topliss-reactive ketones (excluding diaryl/α,β-unsaturated/α-hetero) is 2. The number of aromatic nitrogens is 1. The van der Waals surface area contributed by atoms with E-state index in [1.807, 2.05) is 0 Å². The van der Waals surface area contributed by atoms with E-state index in [2.05, 4.69) is 4.98 Å². The summed E-state index contributed by atoms with van der Waals surface area (Å²) in [5.41, 5.74) is 0.777. The van der Waals surface area contributed by atoms with Crippen molar-refractivity contribution in [2.45, 2.75) is 6.42 Å². The van der Waals surface area contributed by atoms with Crippen LogP contribution in [0.5, 0.6) is 0 Å². The molecule has 1 aromatic heterocycles. The van der Waals surface area contributed by atoms with Gasteiger partial charge in [0.2, 0.25) is 5.78 Å². The third-order valence-electron chi connectivity index (χ3n) is 3.80. The molecule has 0 bridgehead atoms. The van der Waals surface area contributed by atoms with Gasteiger partial charge in [0.15, 0.2) is 12.2 Å². The number of benzene rings is 1. The number of hydrogen-bond acceptors (Lipinski definition) is 5. The van der Waals surface area contributed by atoms with Crippen LogP contribution in [0.2, 0.25) is 0 Å². The molecule has 1 amide bonds. The van der Waals surface area contributed by atoms with E-state index in [0.717, 1.165) is 12.0 Å². The molecule has 1 saturated heterocycles. The van der Waals surface area contributed by atoms with Gasteiger partial charge in [-0.05, 0) is 17.7 Å². The van der Waals surface area contributed by atoms with Gasteiger partial charge in [0.25, 0.3) is 5.91 Å². The first-order chi connectivity index (χ1) is 11.0. The molecule has 1 unspecified atom stereocenters. The van der Waals surface area contributed by atoms with Crippen LogP contribution in [0.3, 0.4) is 0 Å². The molecular formula is C16H13FN2O4. The number of hydrogen-bond donors (Lipinski definition) is 0. The Bertz CT molecular complexity index is 782. The van der Waals surface area contributed by atoms with E-state index in [0.29, 0.717) is 0 Å². The fourth-order valence-electron chi connectivity index (χ4n) is 2.53. The average molecular weight is 316 g/mol. The maximum atomic E-state index is 12.9. The summed E-state index contributed by atoms with van der Waals surface area (Å²) in [7, 11) is 1.47. The molecule has 0 radical (unpaired) electrons. The van der Waals surface area contributed by atoms with Crippen LogP contribution in [0, 0.1) is 11.7 Å². The molecule has 0 saturated carbocycles. The third kappa shape index (κ3) is 2.77. The van der Waals surface area contributed by atoms with E-state index in [1.165, 1.54) is 24.1 Å². The molecule has 1 atom stereocenters. The molecule has 2 aromatic rings. The highest BCUT2D eigenvalue weighted by molar-refractivity contribution is 6.43. The summed E-state index contributed by atoms with van der Waals surface area (Å²) >= 11 is 0. The molecule has 0 aliphatic carbocycles. The lowest BCUT2D eigenvalue weighted by atomic mass is 9.97. The molecule has 2 heterocycles. The van der Waals surface area contributed by atoms with E-state index < -0.39 is 23.4 Å². The molecule has 6 nitrogen and oxygen atoms in total. The summed E-state index contributed by atoms with van der Waals surface area (Å²) in [6, 6.07) is 5.76. The van der Waals surface area contributed by atoms with Crippen LogP contribution in [0.25, 0.3) is 0 Å². The lowest BCUT2D eigenvalue weighted by Crippen LogP contribution is -2.25. The van der Waals surface area contributed by atoms with Gasteiger partial charge in [0, 0.05) is 20.0 Å². The van der Waals surface area contributed by atoms with Crippen LogP contribution in [-0.4, -0.2) is 40.9 Å². The van der Waals surface area contributed by atoms with Gasteiger partial charge in [0.05, 0.1) is 0 Å². The SMILES string of the molecule is CN1CC(C(=O)c2ncoc2Cc2ccc(F)cc2)C(=O)C1=O. The predicted molar refractivity (Wildman–Crippen MR) is 76.2 cm³/mol. The smallest absolute Gasteiger partial charge is 0.290 e. The predicted octanol–water partition coefficient (Wildman–Crippen LogP) is 1.24. The zero-order chi connectivity index (χ0) is 16.6. The lowest BCUT2D eigenvalue weighted by Gasteiger charge is -2.07. The van der Waals surface area contributed by atoms with Crippen molar-refractivity contribution in [3.8, 4) is 0 Å². The molecule has 1 fully saturated rings. The molecule has 118 valence electrons. The van der Waals surface area contributed by atoms with Crippen molar-refractivity contribution in [1.29, 1.82) is 0 Å². The van der Waals surface area contributed by atoms with Crippen molar-refractivity contribution in [2.24, 2.45) is 5.92 Å². The van der Waals surface area contributed by atoms with E-state index in [4.69, 9.17) is 4.42 Å². The fourth-order valence-corrected chi connectivity index (χ4v) is 2.53.